The number of hydrogen-bond acceptors (Lipinski definition) is 5. The molecular weight excluding hydrogens is 232 g/mol. The smallest absolute Gasteiger partial charge is 0.293 e. The van der Waals surface area contributed by atoms with E-state index in [-0.39, 0.29) is 5.69 Å². The summed E-state index contributed by atoms with van der Waals surface area (Å²) in [6.45, 7) is 1.57. The molecular formula is C12H16N4O2. The third-order valence-electron chi connectivity index (χ3n) is 2.63. The van der Waals surface area contributed by atoms with E-state index in [2.05, 4.69) is 5.32 Å². The minimum absolute atomic E-state index is 0.0268. The second kappa shape index (κ2) is 6.57. The van der Waals surface area contributed by atoms with Crippen molar-refractivity contribution in [2.45, 2.75) is 6.42 Å². The summed E-state index contributed by atoms with van der Waals surface area (Å²) in [4.78, 5) is 12.4. The number of rotatable bonds is 6. The standard InChI is InChI=1S/C12H16N4O2/c1-14-6-3-7-15(2)11-5-4-10(9-13)8-12(11)16(17)18/h4-5,8,14H,3,6-7H2,1-2H3. The third kappa shape index (κ3) is 3.43. The Labute approximate surface area is 106 Å². The minimum atomic E-state index is -0.454. The Morgan fingerprint density at radius 2 is 2.28 bits per heavy atom. The van der Waals surface area contributed by atoms with Gasteiger partial charge in [-0.15, -0.1) is 0 Å². The first-order chi connectivity index (χ1) is 8.60. The molecule has 1 rings (SSSR count). The zero-order valence-electron chi connectivity index (χ0n) is 10.5. The van der Waals surface area contributed by atoms with Gasteiger partial charge in [0.1, 0.15) is 5.69 Å². The van der Waals surface area contributed by atoms with Crippen molar-refractivity contribution < 1.29 is 4.92 Å². The molecule has 0 radical (unpaired) electrons. The fraction of sp³-hybridized carbons (Fsp3) is 0.417. The highest BCUT2D eigenvalue weighted by Gasteiger charge is 2.17. The lowest BCUT2D eigenvalue weighted by Crippen LogP contribution is -2.23. The Morgan fingerprint density at radius 1 is 1.56 bits per heavy atom. The van der Waals surface area contributed by atoms with Gasteiger partial charge < -0.3 is 10.2 Å². The molecule has 6 heteroatoms. The van der Waals surface area contributed by atoms with Crippen molar-refractivity contribution in [3.63, 3.8) is 0 Å². The van der Waals surface area contributed by atoms with Gasteiger partial charge in [-0.05, 0) is 32.1 Å². The van der Waals surface area contributed by atoms with Crippen molar-refractivity contribution in [2.24, 2.45) is 0 Å². The number of nitriles is 1. The minimum Gasteiger partial charge on any atom is -0.369 e. The summed E-state index contributed by atoms with van der Waals surface area (Å²) in [7, 11) is 3.67. The van der Waals surface area contributed by atoms with E-state index >= 15 is 0 Å². The van der Waals surface area contributed by atoms with Crippen LogP contribution in [0.4, 0.5) is 11.4 Å². The number of hydrogen-bond donors (Lipinski definition) is 1. The first-order valence-electron chi connectivity index (χ1n) is 5.64. The van der Waals surface area contributed by atoms with Gasteiger partial charge in [-0.25, -0.2) is 0 Å². The van der Waals surface area contributed by atoms with Crippen LogP contribution in [-0.4, -0.2) is 32.1 Å². The molecule has 0 fully saturated rings. The maximum atomic E-state index is 11.0. The zero-order valence-corrected chi connectivity index (χ0v) is 10.5. The first kappa shape index (κ1) is 13.9. The molecule has 96 valence electrons. The molecule has 1 aromatic rings. The predicted molar refractivity (Wildman–Crippen MR) is 69.6 cm³/mol. The Bertz CT molecular complexity index is 468. The lowest BCUT2D eigenvalue weighted by Gasteiger charge is -2.19. The van der Waals surface area contributed by atoms with Crippen molar-refractivity contribution in [3.05, 3.63) is 33.9 Å². The SMILES string of the molecule is CNCCCN(C)c1ccc(C#N)cc1[N+](=O)[O-]. The molecule has 6 nitrogen and oxygen atoms in total. The zero-order chi connectivity index (χ0) is 13.5. The van der Waals surface area contributed by atoms with E-state index in [0.717, 1.165) is 13.0 Å². The van der Waals surface area contributed by atoms with Crippen LogP contribution in [0.3, 0.4) is 0 Å². The molecule has 18 heavy (non-hydrogen) atoms. The summed E-state index contributed by atoms with van der Waals surface area (Å²) >= 11 is 0. The highest BCUT2D eigenvalue weighted by Crippen LogP contribution is 2.28. The van der Waals surface area contributed by atoms with Crippen LogP contribution in [0.1, 0.15) is 12.0 Å². The molecule has 0 saturated heterocycles. The van der Waals surface area contributed by atoms with Crippen LogP contribution in [-0.2, 0) is 0 Å². The van der Waals surface area contributed by atoms with Gasteiger partial charge in [0, 0.05) is 19.7 Å². The maximum Gasteiger partial charge on any atom is 0.293 e. The molecule has 1 N–H and O–H groups in total. The fourth-order valence-corrected chi connectivity index (χ4v) is 1.68. The van der Waals surface area contributed by atoms with Gasteiger partial charge in [0.2, 0.25) is 0 Å². The summed E-state index contributed by atoms with van der Waals surface area (Å²) in [6, 6.07) is 6.43. The van der Waals surface area contributed by atoms with Crippen molar-refractivity contribution >= 4 is 11.4 Å². The number of nitrogens with zero attached hydrogens (tertiary/aromatic N) is 3. The topological polar surface area (TPSA) is 82.2 Å². The van der Waals surface area contributed by atoms with Gasteiger partial charge in [0.15, 0.2) is 0 Å². The monoisotopic (exact) mass is 248 g/mol. The highest BCUT2D eigenvalue weighted by molar-refractivity contribution is 5.65. The average molecular weight is 248 g/mol. The van der Waals surface area contributed by atoms with E-state index < -0.39 is 4.92 Å². The van der Waals surface area contributed by atoms with Crippen molar-refractivity contribution in [2.75, 3.05) is 32.1 Å². The van der Waals surface area contributed by atoms with Crippen LogP contribution in [0.25, 0.3) is 0 Å². The lowest BCUT2D eigenvalue weighted by molar-refractivity contribution is -0.384. The molecule has 0 aliphatic carbocycles. The van der Waals surface area contributed by atoms with E-state index in [0.29, 0.717) is 17.8 Å². The Hall–Kier alpha value is -2.13. The number of nitro groups is 1. The second-order valence-electron chi connectivity index (χ2n) is 3.95. The average Bonchev–Trinajstić information content (AvgIpc) is 2.38. The number of benzene rings is 1. The molecule has 0 spiro atoms. The van der Waals surface area contributed by atoms with E-state index in [1.54, 1.807) is 12.1 Å². The first-order valence-corrected chi connectivity index (χ1v) is 5.64. The number of nitrogens with one attached hydrogen (secondary N) is 1. The highest BCUT2D eigenvalue weighted by atomic mass is 16.6. The van der Waals surface area contributed by atoms with Gasteiger partial charge in [-0.1, -0.05) is 0 Å². The molecule has 0 aliphatic rings. The molecule has 0 amide bonds. The van der Waals surface area contributed by atoms with Gasteiger partial charge in [-0.3, -0.25) is 10.1 Å². The maximum absolute atomic E-state index is 11.0. The van der Waals surface area contributed by atoms with Gasteiger partial charge in [0.25, 0.3) is 5.69 Å². The Kier molecular flexibility index (Phi) is 5.08. The predicted octanol–water partition coefficient (Wildman–Crippen LogP) is 1.51. The number of nitro benzene ring substituents is 1. The van der Waals surface area contributed by atoms with E-state index in [1.807, 2.05) is 25.1 Å². The van der Waals surface area contributed by atoms with Crippen molar-refractivity contribution in [3.8, 4) is 6.07 Å². The summed E-state index contributed by atoms with van der Waals surface area (Å²) in [5, 5.41) is 22.8. The largest absolute Gasteiger partial charge is 0.369 e. The normalized spacial score (nSPS) is 9.83. The van der Waals surface area contributed by atoms with Crippen LogP contribution < -0.4 is 10.2 Å². The summed E-state index contributed by atoms with van der Waals surface area (Å²) in [6.07, 6.45) is 0.893. The fourth-order valence-electron chi connectivity index (χ4n) is 1.68. The Morgan fingerprint density at radius 3 is 2.83 bits per heavy atom. The third-order valence-corrected chi connectivity index (χ3v) is 2.63. The van der Waals surface area contributed by atoms with Gasteiger partial charge in [0.05, 0.1) is 16.6 Å². The molecule has 0 aliphatic heterocycles. The summed E-state index contributed by atoms with van der Waals surface area (Å²) in [5.74, 6) is 0. The summed E-state index contributed by atoms with van der Waals surface area (Å²) < 4.78 is 0. The quantitative estimate of drug-likeness (QED) is 0.469. The van der Waals surface area contributed by atoms with Crippen LogP contribution in [0.5, 0.6) is 0 Å². The van der Waals surface area contributed by atoms with Gasteiger partial charge >= 0.3 is 0 Å². The van der Waals surface area contributed by atoms with Crippen molar-refractivity contribution in [1.29, 1.82) is 5.26 Å². The van der Waals surface area contributed by atoms with Crippen LogP contribution in [0.15, 0.2) is 18.2 Å². The summed E-state index contributed by atoms with van der Waals surface area (Å²) in [5.41, 5.74) is 0.810. The Balaban J connectivity index is 2.93. The van der Waals surface area contributed by atoms with E-state index in [1.165, 1.54) is 6.07 Å². The second-order valence-corrected chi connectivity index (χ2v) is 3.95. The molecule has 0 bridgehead atoms. The number of anilines is 1. The van der Waals surface area contributed by atoms with Crippen LogP contribution >= 0.6 is 0 Å². The van der Waals surface area contributed by atoms with Gasteiger partial charge in [-0.2, -0.15) is 5.26 Å². The lowest BCUT2D eigenvalue weighted by atomic mass is 10.1. The van der Waals surface area contributed by atoms with Crippen molar-refractivity contribution in [1.82, 2.24) is 5.32 Å². The molecule has 0 aromatic heterocycles. The van der Waals surface area contributed by atoms with Crippen LogP contribution in [0.2, 0.25) is 0 Å². The van der Waals surface area contributed by atoms with Crippen LogP contribution in [0, 0.1) is 21.4 Å². The molecule has 0 heterocycles. The van der Waals surface area contributed by atoms with E-state index in [9.17, 15) is 10.1 Å². The molecule has 1 aromatic carbocycles. The molecule has 0 unspecified atom stereocenters. The molecule has 0 saturated carbocycles. The van der Waals surface area contributed by atoms with E-state index in [4.69, 9.17) is 5.26 Å². The molecule has 0 atom stereocenters.